The molecule has 176 valence electrons. The van der Waals surface area contributed by atoms with Gasteiger partial charge in [0.05, 0.1) is 17.9 Å². The van der Waals surface area contributed by atoms with Gasteiger partial charge in [0.25, 0.3) is 5.91 Å². The van der Waals surface area contributed by atoms with E-state index < -0.39 is 0 Å². The number of rotatable bonds is 7. The van der Waals surface area contributed by atoms with Gasteiger partial charge in [-0.05, 0) is 12.0 Å². The van der Waals surface area contributed by atoms with Crippen LogP contribution in [0.5, 0.6) is 0 Å². The van der Waals surface area contributed by atoms with E-state index in [4.69, 9.17) is 4.42 Å². The Balaban J connectivity index is 1.27. The molecule has 4 aromatic rings. The van der Waals surface area contributed by atoms with Gasteiger partial charge in [-0.2, -0.15) is 0 Å². The summed E-state index contributed by atoms with van der Waals surface area (Å²) in [6.07, 6.45) is 5.77. The molecule has 0 aliphatic carbocycles. The van der Waals surface area contributed by atoms with Crippen LogP contribution in [0.1, 0.15) is 46.8 Å². The van der Waals surface area contributed by atoms with Crippen molar-refractivity contribution in [3.8, 4) is 10.6 Å². The first-order valence-electron chi connectivity index (χ1n) is 11.6. The fraction of sp³-hybridized carbons (Fsp3) is 0.360. The lowest BCUT2D eigenvalue weighted by Crippen LogP contribution is -2.34. The Morgan fingerprint density at radius 1 is 1.15 bits per heavy atom. The fourth-order valence-corrected chi connectivity index (χ4v) is 5.20. The van der Waals surface area contributed by atoms with Crippen LogP contribution < -0.4 is 5.32 Å². The van der Waals surface area contributed by atoms with E-state index in [1.54, 1.807) is 17.4 Å². The number of fused-ring (bicyclic) bond motifs is 1. The summed E-state index contributed by atoms with van der Waals surface area (Å²) in [5.41, 5.74) is 1.66. The summed E-state index contributed by atoms with van der Waals surface area (Å²) < 4.78 is 7.24. The van der Waals surface area contributed by atoms with Gasteiger partial charge in [0.1, 0.15) is 17.1 Å². The number of furan rings is 1. The number of aromatic nitrogens is 4. The van der Waals surface area contributed by atoms with Crippen LogP contribution in [0.25, 0.3) is 10.6 Å². The lowest BCUT2D eigenvalue weighted by Gasteiger charge is -2.23. The number of carbonyl (C=O) groups is 1. The van der Waals surface area contributed by atoms with Crippen molar-refractivity contribution >= 4 is 17.2 Å². The van der Waals surface area contributed by atoms with E-state index in [0.717, 1.165) is 54.8 Å². The second kappa shape index (κ2) is 9.90. The van der Waals surface area contributed by atoms with Gasteiger partial charge in [-0.25, -0.2) is 4.98 Å². The first-order valence-corrected chi connectivity index (χ1v) is 12.4. The summed E-state index contributed by atoms with van der Waals surface area (Å²) in [7, 11) is 0. The first kappa shape index (κ1) is 22.5. The third-order valence-electron chi connectivity index (χ3n) is 6.12. The van der Waals surface area contributed by atoms with Crippen LogP contribution in [0.3, 0.4) is 0 Å². The van der Waals surface area contributed by atoms with E-state index in [-0.39, 0.29) is 17.9 Å². The van der Waals surface area contributed by atoms with E-state index in [1.807, 2.05) is 24.4 Å². The van der Waals surface area contributed by atoms with Crippen molar-refractivity contribution in [1.29, 1.82) is 0 Å². The van der Waals surface area contributed by atoms with Crippen LogP contribution in [0.4, 0.5) is 0 Å². The Kier molecular flexibility index (Phi) is 6.55. The van der Waals surface area contributed by atoms with Gasteiger partial charge in [0.15, 0.2) is 5.82 Å². The molecule has 34 heavy (non-hydrogen) atoms. The van der Waals surface area contributed by atoms with Crippen molar-refractivity contribution in [1.82, 2.24) is 30.0 Å². The summed E-state index contributed by atoms with van der Waals surface area (Å²) in [5.74, 6) is 1.78. The van der Waals surface area contributed by atoms with Crippen LogP contribution in [-0.2, 0) is 19.5 Å². The highest BCUT2D eigenvalue weighted by atomic mass is 32.1. The van der Waals surface area contributed by atoms with Gasteiger partial charge in [0.2, 0.25) is 0 Å². The molecule has 1 aliphatic heterocycles. The zero-order valence-corrected chi connectivity index (χ0v) is 20.2. The molecule has 0 bridgehead atoms. The van der Waals surface area contributed by atoms with Crippen LogP contribution in [0.2, 0.25) is 0 Å². The Morgan fingerprint density at radius 3 is 2.76 bits per heavy atom. The number of carbonyl (C=O) groups excluding carboxylic acids is 1. The third kappa shape index (κ3) is 4.80. The monoisotopic (exact) mass is 476 g/mol. The number of nitrogens with one attached hydrogen (secondary N) is 1. The molecule has 1 atom stereocenters. The number of benzene rings is 1. The van der Waals surface area contributed by atoms with Crippen molar-refractivity contribution < 1.29 is 9.21 Å². The van der Waals surface area contributed by atoms with E-state index in [1.165, 1.54) is 17.4 Å². The molecule has 0 fully saturated rings. The molecule has 1 N–H and O–H groups in total. The maximum absolute atomic E-state index is 12.7. The average Bonchev–Trinajstić information content (AvgIpc) is 3.59. The minimum Gasteiger partial charge on any atom is -0.472 e. The predicted octanol–water partition coefficient (Wildman–Crippen LogP) is 4.18. The summed E-state index contributed by atoms with van der Waals surface area (Å²) in [5, 5.41) is 13.1. The van der Waals surface area contributed by atoms with Crippen molar-refractivity contribution in [3.05, 3.63) is 77.2 Å². The van der Waals surface area contributed by atoms with Gasteiger partial charge in [0, 0.05) is 49.2 Å². The topological polar surface area (TPSA) is 89.1 Å². The Hall–Kier alpha value is -3.30. The van der Waals surface area contributed by atoms with Crippen LogP contribution in [0, 0.1) is 5.92 Å². The van der Waals surface area contributed by atoms with Crippen molar-refractivity contribution in [2.75, 3.05) is 13.1 Å². The summed E-state index contributed by atoms with van der Waals surface area (Å²) >= 11 is 1.75. The smallest absolute Gasteiger partial charge is 0.255 e. The molecule has 0 radical (unpaired) electrons. The fourth-order valence-electron chi connectivity index (χ4n) is 4.24. The number of hydrogen-bond donors (Lipinski definition) is 1. The largest absolute Gasteiger partial charge is 0.472 e. The normalized spacial score (nSPS) is 15.1. The Labute approximate surface area is 202 Å². The molecule has 1 amide bonds. The molecule has 0 saturated heterocycles. The summed E-state index contributed by atoms with van der Waals surface area (Å²) in [4.78, 5) is 21.0. The average molecular weight is 477 g/mol. The Morgan fingerprint density at radius 2 is 2.00 bits per heavy atom. The third-order valence-corrected chi connectivity index (χ3v) is 7.15. The maximum Gasteiger partial charge on any atom is 0.255 e. The molecule has 0 spiro atoms. The Bertz CT molecular complexity index is 1230. The predicted molar refractivity (Wildman–Crippen MR) is 130 cm³/mol. The van der Waals surface area contributed by atoms with Crippen molar-refractivity contribution in [2.24, 2.45) is 5.92 Å². The summed E-state index contributed by atoms with van der Waals surface area (Å²) in [6.45, 7) is 7.61. The number of amides is 1. The molecule has 0 unspecified atom stereocenters. The maximum atomic E-state index is 12.7. The molecule has 4 heterocycles. The lowest BCUT2D eigenvalue weighted by molar-refractivity contribution is 0.0921. The molecular formula is C25H28N6O2S. The minimum absolute atomic E-state index is 0.164. The highest BCUT2D eigenvalue weighted by Crippen LogP contribution is 2.27. The van der Waals surface area contributed by atoms with E-state index in [2.05, 4.69) is 55.9 Å². The highest BCUT2D eigenvalue weighted by molar-refractivity contribution is 7.15. The minimum atomic E-state index is -0.231. The quantitative estimate of drug-likeness (QED) is 0.430. The van der Waals surface area contributed by atoms with Gasteiger partial charge < -0.3 is 14.3 Å². The number of nitrogens with zero attached hydrogens (tertiary/aromatic N) is 5. The van der Waals surface area contributed by atoms with Crippen LogP contribution >= 0.6 is 11.3 Å². The molecule has 3 aromatic heterocycles. The van der Waals surface area contributed by atoms with Gasteiger partial charge >= 0.3 is 0 Å². The highest BCUT2D eigenvalue weighted by Gasteiger charge is 2.28. The number of thiazole rings is 1. The lowest BCUT2D eigenvalue weighted by atomic mass is 10.0. The molecule has 5 rings (SSSR count). The van der Waals surface area contributed by atoms with E-state index >= 15 is 0 Å². The second-order valence-corrected chi connectivity index (χ2v) is 9.97. The zero-order chi connectivity index (χ0) is 23.5. The van der Waals surface area contributed by atoms with E-state index in [9.17, 15) is 4.79 Å². The van der Waals surface area contributed by atoms with Crippen molar-refractivity contribution in [3.63, 3.8) is 0 Å². The van der Waals surface area contributed by atoms with Crippen LogP contribution in [0.15, 0.2) is 59.5 Å². The van der Waals surface area contributed by atoms with Gasteiger partial charge in [-0.15, -0.1) is 21.5 Å². The standard InChI is InChI=1S/C25H28N6O2S/c1-17(2)22(27-24(32)19-9-13-33-16-19)23-29-28-21-8-10-30(11-12-31(21)23)15-20-14-26-25(34-20)18-6-4-3-5-7-18/h3-7,9,13-14,16-17,22H,8,10-12,15H2,1-2H3,(H,27,32)/t22-/m1/s1. The van der Waals surface area contributed by atoms with Crippen molar-refractivity contribution in [2.45, 2.75) is 39.4 Å². The van der Waals surface area contributed by atoms with Gasteiger partial charge in [-0.3, -0.25) is 9.69 Å². The molecule has 9 heteroatoms. The van der Waals surface area contributed by atoms with E-state index in [0.29, 0.717) is 5.56 Å². The zero-order valence-electron chi connectivity index (χ0n) is 19.3. The summed E-state index contributed by atoms with van der Waals surface area (Å²) in [6, 6.07) is 11.7. The molecule has 0 saturated carbocycles. The SMILES string of the molecule is CC(C)[C@@H](NC(=O)c1ccoc1)c1nnc2n1CCN(Cc1cnc(-c3ccccc3)s1)CC2. The first-order chi connectivity index (χ1) is 16.6. The molecular weight excluding hydrogens is 448 g/mol. The molecule has 8 nitrogen and oxygen atoms in total. The molecule has 1 aliphatic rings. The van der Waals surface area contributed by atoms with Crippen LogP contribution in [-0.4, -0.2) is 43.6 Å². The number of hydrogen-bond acceptors (Lipinski definition) is 7. The van der Waals surface area contributed by atoms with Gasteiger partial charge in [-0.1, -0.05) is 44.2 Å². The molecule has 1 aromatic carbocycles. The second-order valence-electron chi connectivity index (χ2n) is 8.86.